The van der Waals surface area contributed by atoms with Crippen LogP contribution in [0.5, 0.6) is 0 Å². The first-order valence-electron chi connectivity index (χ1n) is 5.32. The number of hydrogen-bond donors (Lipinski definition) is 1. The maximum atomic E-state index is 9.09. The second-order valence-electron chi connectivity index (χ2n) is 3.71. The van der Waals surface area contributed by atoms with Crippen LogP contribution in [0.2, 0.25) is 0 Å². The van der Waals surface area contributed by atoms with Crippen LogP contribution in [0.15, 0.2) is 0 Å². The van der Waals surface area contributed by atoms with Crippen LogP contribution < -0.4 is 0 Å². The van der Waals surface area contributed by atoms with E-state index >= 15 is 0 Å². The van der Waals surface area contributed by atoms with Crippen molar-refractivity contribution in [2.24, 2.45) is 0 Å². The standard InChI is InChI=1S/C10H19N3O2/c1-4-5-15-7-10-12-11-9(6-14)13(10)8(2)3/h8,14H,4-7H2,1-3H3. The Bertz CT molecular complexity index is 297. The molecule has 5 nitrogen and oxygen atoms in total. The number of aliphatic hydroxyl groups excluding tert-OH is 1. The Morgan fingerprint density at radius 3 is 2.53 bits per heavy atom. The van der Waals surface area contributed by atoms with Gasteiger partial charge in [0.1, 0.15) is 13.2 Å². The Kier molecular flexibility index (Phi) is 4.71. The molecule has 0 radical (unpaired) electrons. The van der Waals surface area contributed by atoms with Crippen LogP contribution in [0.4, 0.5) is 0 Å². The molecular weight excluding hydrogens is 194 g/mol. The van der Waals surface area contributed by atoms with E-state index in [9.17, 15) is 0 Å². The molecule has 0 saturated carbocycles. The van der Waals surface area contributed by atoms with E-state index in [2.05, 4.69) is 17.1 Å². The van der Waals surface area contributed by atoms with Crippen molar-refractivity contribution in [1.29, 1.82) is 0 Å². The molecule has 0 aromatic carbocycles. The number of hydrogen-bond acceptors (Lipinski definition) is 4. The first-order chi connectivity index (χ1) is 7.20. The summed E-state index contributed by atoms with van der Waals surface area (Å²) in [6, 6.07) is 0.238. The van der Waals surface area contributed by atoms with Crippen LogP contribution in [0.3, 0.4) is 0 Å². The molecule has 0 saturated heterocycles. The van der Waals surface area contributed by atoms with Gasteiger partial charge in [0.25, 0.3) is 0 Å². The van der Waals surface area contributed by atoms with E-state index in [0.717, 1.165) is 18.9 Å². The minimum absolute atomic E-state index is 0.0844. The predicted molar refractivity (Wildman–Crippen MR) is 56.3 cm³/mol. The van der Waals surface area contributed by atoms with Crippen LogP contribution in [-0.4, -0.2) is 26.5 Å². The van der Waals surface area contributed by atoms with Crippen molar-refractivity contribution in [2.45, 2.75) is 46.4 Å². The average Bonchev–Trinajstić information content (AvgIpc) is 2.61. The molecule has 0 atom stereocenters. The largest absolute Gasteiger partial charge is 0.388 e. The van der Waals surface area contributed by atoms with Gasteiger partial charge < -0.3 is 14.4 Å². The van der Waals surface area contributed by atoms with Crippen molar-refractivity contribution in [3.05, 3.63) is 11.6 Å². The van der Waals surface area contributed by atoms with Gasteiger partial charge in [-0.15, -0.1) is 10.2 Å². The zero-order valence-corrected chi connectivity index (χ0v) is 9.60. The van der Waals surface area contributed by atoms with Crippen molar-refractivity contribution >= 4 is 0 Å². The van der Waals surface area contributed by atoms with Crippen molar-refractivity contribution in [1.82, 2.24) is 14.8 Å². The first-order valence-corrected chi connectivity index (χ1v) is 5.32. The summed E-state index contributed by atoms with van der Waals surface area (Å²) in [4.78, 5) is 0. The summed E-state index contributed by atoms with van der Waals surface area (Å²) in [5.74, 6) is 1.38. The summed E-state index contributed by atoms with van der Waals surface area (Å²) < 4.78 is 7.32. The lowest BCUT2D eigenvalue weighted by atomic mass is 10.3. The quantitative estimate of drug-likeness (QED) is 0.723. The van der Waals surface area contributed by atoms with Crippen LogP contribution in [0, 0.1) is 0 Å². The number of ether oxygens (including phenoxy) is 1. The van der Waals surface area contributed by atoms with Crippen LogP contribution in [0.25, 0.3) is 0 Å². The lowest BCUT2D eigenvalue weighted by molar-refractivity contribution is 0.112. The number of aliphatic hydroxyl groups is 1. The van der Waals surface area contributed by atoms with E-state index in [1.165, 1.54) is 0 Å². The molecule has 1 N–H and O–H groups in total. The monoisotopic (exact) mass is 213 g/mol. The van der Waals surface area contributed by atoms with Gasteiger partial charge in [-0.2, -0.15) is 0 Å². The fraction of sp³-hybridized carbons (Fsp3) is 0.800. The van der Waals surface area contributed by atoms with Crippen LogP contribution in [0.1, 0.15) is 44.9 Å². The molecule has 0 bridgehead atoms. The normalized spacial score (nSPS) is 11.3. The topological polar surface area (TPSA) is 60.2 Å². The van der Waals surface area contributed by atoms with Gasteiger partial charge in [-0.05, 0) is 20.3 Å². The van der Waals surface area contributed by atoms with Gasteiger partial charge in [0.05, 0.1) is 0 Å². The molecule has 15 heavy (non-hydrogen) atoms. The number of nitrogens with zero attached hydrogens (tertiary/aromatic N) is 3. The third-order valence-corrected chi connectivity index (χ3v) is 2.07. The van der Waals surface area contributed by atoms with Gasteiger partial charge in [-0.1, -0.05) is 6.92 Å². The fourth-order valence-corrected chi connectivity index (χ4v) is 1.47. The Morgan fingerprint density at radius 1 is 1.33 bits per heavy atom. The van der Waals surface area contributed by atoms with E-state index < -0.39 is 0 Å². The average molecular weight is 213 g/mol. The van der Waals surface area contributed by atoms with Gasteiger partial charge >= 0.3 is 0 Å². The minimum Gasteiger partial charge on any atom is -0.388 e. The second kappa shape index (κ2) is 5.82. The summed E-state index contributed by atoms with van der Waals surface area (Å²) in [5.41, 5.74) is 0. The van der Waals surface area contributed by atoms with Gasteiger partial charge in [0.15, 0.2) is 11.6 Å². The summed E-state index contributed by atoms with van der Waals surface area (Å²) in [6.45, 7) is 7.22. The Balaban J connectivity index is 2.73. The molecule has 0 aliphatic rings. The summed E-state index contributed by atoms with van der Waals surface area (Å²) >= 11 is 0. The zero-order valence-electron chi connectivity index (χ0n) is 9.60. The minimum atomic E-state index is -0.0844. The maximum absolute atomic E-state index is 9.09. The third-order valence-electron chi connectivity index (χ3n) is 2.07. The van der Waals surface area contributed by atoms with E-state index in [0.29, 0.717) is 12.4 Å². The van der Waals surface area contributed by atoms with Gasteiger partial charge in [-0.25, -0.2) is 0 Å². The summed E-state index contributed by atoms with van der Waals surface area (Å²) in [6.07, 6.45) is 0.989. The molecule has 5 heteroatoms. The lowest BCUT2D eigenvalue weighted by Gasteiger charge is -2.12. The molecule has 0 spiro atoms. The van der Waals surface area contributed by atoms with Gasteiger partial charge in [-0.3, -0.25) is 0 Å². The molecule has 0 amide bonds. The molecule has 1 rings (SSSR count). The third kappa shape index (κ3) is 3.00. The molecular formula is C10H19N3O2. The maximum Gasteiger partial charge on any atom is 0.159 e. The van der Waals surface area contributed by atoms with Crippen LogP contribution >= 0.6 is 0 Å². The Hall–Kier alpha value is -0.940. The highest BCUT2D eigenvalue weighted by Gasteiger charge is 2.13. The van der Waals surface area contributed by atoms with E-state index in [4.69, 9.17) is 9.84 Å². The first kappa shape index (κ1) is 12.1. The number of rotatable bonds is 6. The van der Waals surface area contributed by atoms with Gasteiger partial charge in [0, 0.05) is 12.6 Å². The fourth-order valence-electron chi connectivity index (χ4n) is 1.47. The second-order valence-corrected chi connectivity index (χ2v) is 3.71. The van der Waals surface area contributed by atoms with E-state index in [-0.39, 0.29) is 12.6 Å². The van der Waals surface area contributed by atoms with Crippen molar-refractivity contribution in [2.75, 3.05) is 6.61 Å². The Labute approximate surface area is 90.1 Å². The van der Waals surface area contributed by atoms with Gasteiger partial charge in [0.2, 0.25) is 0 Å². The van der Waals surface area contributed by atoms with Crippen molar-refractivity contribution in [3.63, 3.8) is 0 Å². The summed E-state index contributed by atoms with van der Waals surface area (Å²) in [5, 5.41) is 17.0. The summed E-state index contributed by atoms with van der Waals surface area (Å²) in [7, 11) is 0. The van der Waals surface area contributed by atoms with Crippen LogP contribution in [-0.2, 0) is 18.0 Å². The SMILES string of the molecule is CCCOCc1nnc(CO)n1C(C)C. The predicted octanol–water partition coefficient (Wildman–Crippen LogP) is 1.28. The van der Waals surface area contributed by atoms with E-state index in [1.807, 2.05) is 18.4 Å². The smallest absolute Gasteiger partial charge is 0.159 e. The highest BCUT2D eigenvalue weighted by atomic mass is 16.5. The van der Waals surface area contributed by atoms with E-state index in [1.54, 1.807) is 0 Å². The van der Waals surface area contributed by atoms with Crippen molar-refractivity contribution < 1.29 is 9.84 Å². The zero-order chi connectivity index (χ0) is 11.3. The molecule has 0 aliphatic carbocycles. The molecule has 1 heterocycles. The molecule has 0 unspecified atom stereocenters. The highest BCUT2D eigenvalue weighted by Crippen LogP contribution is 2.12. The Morgan fingerprint density at radius 2 is 2.00 bits per heavy atom. The molecule has 0 aliphatic heterocycles. The molecule has 86 valence electrons. The molecule has 1 aromatic rings. The molecule has 1 aromatic heterocycles. The highest BCUT2D eigenvalue weighted by molar-refractivity contribution is 4.95. The van der Waals surface area contributed by atoms with Crippen molar-refractivity contribution in [3.8, 4) is 0 Å². The lowest BCUT2D eigenvalue weighted by Crippen LogP contribution is -2.11. The molecule has 0 fully saturated rings. The number of aromatic nitrogens is 3.